The molecule has 1 N–H and O–H groups in total. The molecule has 2 aromatic rings. The third-order valence-electron chi connectivity index (χ3n) is 4.19. The first-order valence-electron chi connectivity index (χ1n) is 8.19. The minimum absolute atomic E-state index is 0.220. The van der Waals surface area contributed by atoms with Gasteiger partial charge >= 0.3 is 0 Å². The lowest BCUT2D eigenvalue weighted by molar-refractivity contribution is 0.444. The van der Waals surface area contributed by atoms with Gasteiger partial charge in [-0.25, -0.2) is 9.37 Å². The summed E-state index contributed by atoms with van der Waals surface area (Å²) < 4.78 is 12.9. The molecule has 1 aromatic heterocycles. The van der Waals surface area contributed by atoms with E-state index in [1.54, 1.807) is 12.1 Å². The number of anilines is 2. The Hall–Kier alpha value is -2.17. The first-order valence-corrected chi connectivity index (χ1v) is 8.19. The lowest BCUT2D eigenvalue weighted by Gasteiger charge is -2.32. The predicted octanol–water partition coefficient (Wildman–Crippen LogP) is 3.77. The van der Waals surface area contributed by atoms with E-state index >= 15 is 0 Å². The Kier molecular flexibility index (Phi) is 4.74. The average molecular weight is 314 g/mol. The van der Waals surface area contributed by atoms with Gasteiger partial charge in [0.15, 0.2) is 0 Å². The second-order valence-corrected chi connectivity index (χ2v) is 6.36. The van der Waals surface area contributed by atoms with E-state index in [0.29, 0.717) is 18.4 Å². The first-order chi connectivity index (χ1) is 11.1. The van der Waals surface area contributed by atoms with Gasteiger partial charge in [-0.1, -0.05) is 19.1 Å². The van der Waals surface area contributed by atoms with Crippen LogP contribution in [0, 0.1) is 18.7 Å². The van der Waals surface area contributed by atoms with Crippen LogP contribution in [0.15, 0.2) is 30.3 Å². The van der Waals surface area contributed by atoms with Gasteiger partial charge in [-0.2, -0.15) is 4.98 Å². The van der Waals surface area contributed by atoms with Crippen LogP contribution in [-0.2, 0) is 6.54 Å². The van der Waals surface area contributed by atoms with E-state index in [9.17, 15) is 4.39 Å². The number of benzene rings is 1. The molecule has 1 saturated heterocycles. The fourth-order valence-corrected chi connectivity index (χ4v) is 2.97. The van der Waals surface area contributed by atoms with Gasteiger partial charge in [-0.3, -0.25) is 0 Å². The van der Waals surface area contributed by atoms with Gasteiger partial charge in [0.05, 0.1) is 0 Å². The molecule has 0 radical (unpaired) electrons. The molecular formula is C18H23FN4. The van der Waals surface area contributed by atoms with E-state index in [1.807, 2.05) is 13.0 Å². The maximum atomic E-state index is 12.9. The third kappa shape index (κ3) is 4.18. The van der Waals surface area contributed by atoms with Crippen LogP contribution < -0.4 is 10.2 Å². The molecule has 1 fully saturated rings. The zero-order valence-electron chi connectivity index (χ0n) is 13.7. The molecule has 5 heteroatoms. The van der Waals surface area contributed by atoms with Crippen LogP contribution >= 0.6 is 0 Å². The van der Waals surface area contributed by atoms with Crippen molar-refractivity contribution in [2.75, 3.05) is 23.3 Å². The third-order valence-corrected chi connectivity index (χ3v) is 4.19. The second-order valence-electron chi connectivity index (χ2n) is 6.36. The van der Waals surface area contributed by atoms with Crippen LogP contribution in [0.3, 0.4) is 0 Å². The standard InChI is InChI=1S/C18H23FN4/c1-13-4-3-9-23(12-13)17-10-14(2)21-18(22-17)20-11-15-5-7-16(19)8-6-15/h5-8,10,13H,3-4,9,11-12H2,1-2H3,(H,20,21,22). The Balaban J connectivity index is 1.71. The minimum atomic E-state index is -0.220. The Morgan fingerprint density at radius 1 is 1.26 bits per heavy atom. The average Bonchev–Trinajstić information content (AvgIpc) is 2.54. The fraction of sp³-hybridized carbons (Fsp3) is 0.444. The van der Waals surface area contributed by atoms with Crippen molar-refractivity contribution < 1.29 is 4.39 Å². The van der Waals surface area contributed by atoms with Crippen LogP contribution in [0.25, 0.3) is 0 Å². The fourth-order valence-electron chi connectivity index (χ4n) is 2.97. The summed E-state index contributed by atoms with van der Waals surface area (Å²) in [6.45, 7) is 6.96. The summed E-state index contributed by atoms with van der Waals surface area (Å²) in [6, 6.07) is 8.52. The monoisotopic (exact) mass is 314 g/mol. The minimum Gasteiger partial charge on any atom is -0.356 e. The number of piperidine rings is 1. The molecule has 2 heterocycles. The van der Waals surface area contributed by atoms with Crippen molar-refractivity contribution in [3.05, 3.63) is 47.4 Å². The highest BCUT2D eigenvalue weighted by Crippen LogP contribution is 2.22. The first kappa shape index (κ1) is 15.7. The van der Waals surface area contributed by atoms with Crippen molar-refractivity contribution in [1.29, 1.82) is 0 Å². The molecule has 1 unspecified atom stereocenters. The van der Waals surface area contributed by atoms with Crippen molar-refractivity contribution in [3.63, 3.8) is 0 Å². The summed E-state index contributed by atoms with van der Waals surface area (Å²) in [4.78, 5) is 11.5. The van der Waals surface area contributed by atoms with Crippen molar-refractivity contribution in [2.24, 2.45) is 5.92 Å². The molecule has 122 valence electrons. The molecule has 0 saturated carbocycles. The van der Waals surface area contributed by atoms with Crippen LogP contribution in [-0.4, -0.2) is 23.1 Å². The highest BCUT2D eigenvalue weighted by atomic mass is 19.1. The topological polar surface area (TPSA) is 41.1 Å². The van der Waals surface area contributed by atoms with Gasteiger partial charge in [0.2, 0.25) is 5.95 Å². The normalized spacial score (nSPS) is 18.0. The van der Waals surface area contributed by atoms with Crippen molar-refractivity contribution in [1.82, 2.24) is 9.97 Å². The summed E-state index contributed by atoms with van der Waals surface area (Å²) in [5, 5.41) is 3.24. The smallest absolute Gasteiger partial charge is 0.225 e. The number of aromatic nitrogens is 2. The molecule has 1 atom stereocenters. The molecule has 1 aliphatic rings. The molecule has 0 bridgehead atoms. The van der Waals surface area contributed by atoms with E-state index in [0.717, 1.165) is 30.2 Å². The Bertz CT molecular complexity index is 657. The quantitative estimate of drug-likeness (QED) is 0.932. The number of aryl methyl sites for hydroxylation is 1. The van der Waals surface area contributed by atoms with Crippen LogP contribution in [0.1, 0.15) is 31.0 Å². The maximum Gasteiger partial charge on any atom is 0.225 e. The summed E-state index contributed by atoms with van der Waals surface area (Å²) in [5.74, 6) is 2.10. The molecule has 0 aliphatic carbocycles. The van der Waals surface area contributed by atoms with Gasteiger partial charge in [0.1, 0.15) is 11.6 Å². The lowest BCUT2D eigenvalue weighted by atomic mass is 10.0. The number of hydrogen-bond donors (Lipinski definition) is 1. The van der Waals surface area contributed by atoms with Gasteiger partial charge in [-0.05, 0) is 43.4 Å². The maximum absolute atomic E-state index is 12.9. The molecule has 23 heavy (non-hydrogen) atoms. The number of hydrogen-bond acceptors (Lipinski definition) is 4. The highest BCUT2D eigenvalue weighted by Gasteiger charge is 2.18. The highest BCUT2D eigenvalue weighted by molar-refractivity contribution is 5.45. The number of halogens is 1. The zero-order chi connectivity index (χ0) is 16.2. The Morgan fingerprint density at radius 3 is 2.78 bits per heavy atom. The van der Waals surface area contributed by atoms with Crippen molar-refractivity contribution in [3.8, 4) is 0 Å². The molecule has 3 rings (SSSR count). The molecule has 4 nitrogen and oxygen atoms in total. The van der Waals surface area contributed by atoms with Gasteiger partial charge in [0, 0.05) is 31.4 Å². The van der Waals surface area contributed by atoms with E-state index in [-0.39, 0.29) is 5.82 Å². The van der Waals surface area contributed by atoms with Gasteiger partial charge < -0.3 is 10.2 Å². The zero-order valence-corrected chi connectivity index (χ0v) is 13.7. The summed E-state index contributed by atoms with van der Waals surface area (Å²) in [5.41, 5.74) is 1.96. The molecule has 1 aliphatic heterocycles. The summed E-state index contributed by atoms with van der Waals surface area (Å²) in [7, 11) is 0. The molecular weight excluding hydrogens is 291 g/mol. The van der Waals surface area contributed by atoms with E-state index < -0.39 is 0 Å². The lowest BCUT2D eigenvalue weighted by Crippen LogP contribution is -2.35. The van der Waals surface area contributed by atoms with Crippen LogP contribution in [0.5, 0.6) is 0 Å². The van der Waals surface area contributed by atoms with E-state index in [2.05, 4.69) is 27.1 Å². The SMILES string of the molecule is Cc1cc(N2CCCC(C)C2)nc(NCc2ccc(F)cc2)n1. The number of rotatable bonds is 4. The van der Waals surface area contributed by atoms with Crippen molar-refractivity contribution >= 4 is 11.8 Å². The van der Waals surface area contributed by atoms with Gasteiger partial charge in [-0.15, -0.1) is 0 Å². The number of nitrogens with one attached hydrogen (secondary N) is 1. The Labute approximate surface area is 136 Å². The molecule has 0 spiro atoms. The van der Waals surface area contributed by atoms with Crippen molar-refractivity contribution in [2.45, 2.75) is 33.2 Å². The summed E-state index contributed by atoms with van der Waals surface area (Å²) in [6.07, 6.45) is 2.50. The predicted molar refractivity (Wildman–Crippen MR) is 91.1 cm³/mol. The Morgan fingerprint density at radius 2 is 2.04 bits per heavy atom. The second kappa shape index (κ2) is 6.94. The molecule has 1 aromatic carbocycles. The van der Waals surface area contributed by atoms with E-state index in [4.69, 9.17) is 0 Å². The van der Waals surface area contributed by atoms with E-state index in [1.165, 1.54) is 25.0 Å². The van der Waals surface area contributed by atoms with Gasteiger partial charge in [0.25, 0.3) is 0 Å². The molecule has 0 amide bonds. The largest absolute Gasteiger partial charge is 0.356 e. The summed E-state index contributed by atoms with van der Waals surface area (Å²) >= 11 is 0. The van der Waals surface area contributed by atoms with Crippen LogP contribution in [0.4, 0.5) is 16.2 Å². The number of nitrogens with zero attached hydrogens (tertiary/aromatic N) is 3. The van der Waals surface area contributed by atoms with Crippen LogP contribution in [0.2, 0.25) is 0 Å².